The van der Waals surface area contributed by atoms with E-state index in [2.05, 4.69) is 4.98 Å². The molecule has 1 aromatic rings. The Balaban J connectivity index is 3.35. The van der Waals surface area contributed by atoms with Gasteiger partial charge in [-0.25, -0.2) is 13.6 Å². The molecule has 0 N–H and O–H groups in total. The molecule has 1 heterocycles. The molecular formula is C10H9Cl2F2NO2. The van der Waals surface area contributed by atoms with E-state index in [1.807, 2.05) is 0 Å². The van der Waals surface area contributed by atoms with Gasteiger partial charge in [0.2, 0.25) is 0 Å². The Labute approximate surface area is 107 Å². The van der Waals surface area contributed by atoms with Gasteiger partial charge in [-0.15, -0.1) is 11.6 Å². The number of hydrogen-bond donors (Lipinski definition) is 0. The van der Waals surface area contributed by atoms with Crippen LogP contribution in [0, 0.1) is 0 Å². The molecule has 0 fully saturated rings. The van der Waals surface area contributed by atoms with Gasteiger partial charge >= 0.3 is 5.97 Å². The number of carbonyl (C=O) groups excluding carboxylic acids is 1. The van der Waals surface area contributed by atoms with Crippen molar-refractivity contribution < 1.29 is 18.3 Å². The van der Waals surface area contributed by atoms with Gasteiger partial charge in [0.05, 0.1) is 23.1 Å². The van der Waals surface area contributed by atoms with Crippen molar-refractivity contribution in [2.24, 2.45) is 0 Å². The Hall–Kier alpha value is -0.940. The van der Waals surface area contributed by atoms with E-state index in [0.717, 1.165) is 6.20 Å². The highest BCUT2D eigenvalue weighted by Crippen LogP contribution is 2.29. The minimum absolute atomic E-state index is 0.0523. The summed E-state index contributed by atoms with van der Waals surface area (Å²) in [5, 5.41) is -0.0523. The maximum absolute atomic E-state index is 12.7. The van der Waals surface area contributed by atoms with Gasteiger partial charge in [-0.2, -0.15) is 0 Å². The van der Waals surface area contributed by atoms with Gasteiger partial charge < -0.3 is 4.74 Å². The van der Waals surface area contributed by atoms with E-state index >= 15 is 0 Å². The van der Waals surface area contributed by atoms with Crippen molar-refractivity contribution in [3.8, 4) is 0 Å². The van der Waals surface area contributed by atoms with Crippen LogP contribution < -0.4 is 0 Å². The van der Waals surface area contributed by atoms with Crippen molar-refractivity contribution in [2.75, 3.05) is 6.61 Å². The molecule has 0 saturated carbocycles. The number of esters is 1. The van der Waals surface area contributed by atoms with Crippen LogP contribution in [-0.2, 0) is 10.6 Å². The second-order valence-electron chi connectivity index (χ2n) is 3.00. The molecule has 0 radical (unpaired) electrons. The number of nitrogens with zero attached hydrogens (tertiary/aromatic N) is 1. The lowest BCUT2D eigenvalue weighted by molar-refractivity contribution is 0.0524. The van der Waals surface area contributed by atoms with Gasteiger partial charge in [-0.3, -0.25) is 4.98 Å². The number of halogens is 4. The van der Waals surface area contributed by atoms with Crippen molar-refractivity contribution in [3.05, 3.63) is 28.0 Å². The lowest BCUT2D eigenvalue weighted by Crippen LogP contribution is -2.12. The fourth-order valence-electron chi connectivity index (χ4n) is 1.29. The van der Waals surface area contributed by atoms with Gasteiger partial charge in [0.25, 0.3) is 6.43 Å². The largest absolute Gasteiger partial charge is 0.462 e. The van der Waals surface area contributed by atoms with E-state index in [1.165, 1.54) is 0 Å². The zero-order valence-corrected chi connectivity index (χ0v) is 10.4. The Morgan fingerprint density at radius 3 is 2.71 bits per heavy atom. The zero-order valence-electron chi connectivity index (χ0n) is 8.84. The predicted molar refractivity (Wildman–Crippen MR) is 59.7 cm³/mol. The first-order valence-corrected chi connectivity index (χ1v) is 5.62. The summed E-state index contributed by atoms with van der Waals surface area (Å²) in [5.74, 6) is -1.07. The summed E-state index contributed by atoms with van der Waals surface area (Å²) < 4.78 is 30.0. The van der Waals surface area contributed by atoms with Gasteiger partial charge in [0.1, 0.15) is 5.69 Å². The molecule has 0 bridgehead atoms. The number of pyridine rings is 1. The summed E-state index contributed by atoms with van der Waals surface area (Å²) >= 11 is 11.3. The molecule has 0 aliphatic carbocycles. The van der Waals surface area contributed by atoms with E-state index in [4.69, 9.17) is 27.9 Å². The lowest BCUT2D eigenvalue weighted by atomic mass is 10.1. The van der Waals surface area contributed by atoms with Crippen LogP contribution in [0.15, 0.2) is 6.20 Å². The number of ether oxygens (including phenoxy) is 1. The molecule has 0 unspecified atom stereocenters. The number of carbonyl (C=O) groups is 1. The molecule has 0 aliphatic heterocycles. The highest BCUT2D eigenvalue weighted by Gasteiger charge is 2.24. The van der Waals surface area contributed by atoms with Crippen LogP contribution in [0.3, 0.4) is 0 Å². The van der Waals surface area contributed by atoms with Gasteiger partial charge in [-0.05, 0) is 6.92 Å². The third-order valence-corrected chi connectivity index (χ3v) is 2.54. The SMILES string of the molecule is CCOC(=O)c1c(Cl)cnc(C(F)F)c1CCl. The van der Waals surface area contributed by atoms with Gasteiger partial charge in [-0.1, -0.05) is 11.6 Å². The molecule has 1 rings (SSSR count). The number of alkyl halides is 3. The zero-order chi connectivity index (χ0) is 13.0. The smallest absolute Gasteiger partial charge is 0.340 e. The monoisotopic (exact) mass is 283 g/mol. The van der Waals surface area contributed by atoms with Crippen LogP contribution in [0.2, 0.25) is 5.02 Å². The molecule has 0 spiro atoms. The van der Waals surface area contributed by atoms with Crippen LogP contribution in [-0.4, -0.2) is 17.6 Å². The molecule has 3 nitrogen and oxygen atoms in total. The summed E-state index contributed by atoms with van der Waals surface area (Å²) in [7, 11) is 0. The maximum Gasteiger partial charge on any atom is 0.340 e. The summed E-state index contributed by atoms with van der Waals surface area (Å²) in [5.41, 5.74) is -0.783. The first-order chi connectivity index (χ1) is 8.02. The summed E-state index contributed by atoms with van der Waals surface area (Å²) in [6, 6.07) is 0. The summed E-state index contributed by atoms with van der Waals surface area (Å²) in [4.78, 5) is 15.1. The van der Waals surface area contributed by atoms with Gasteiger partial charge in [0.15, 0.2) is 0 Å². The Morgan fingerprint density at radius 1 is 1.59 bits per heavy atom. The Bertz CT molecular complexity index is 427. The van der Waals surface area contributed by atoms with Crippen molar-refractivity contribution in [1.82, 2.24) is 4.98 Å². The Morgan fingerprint density at radius 2 is 2.24 bits per heavy atom. The van der Waals surface area contributed by atoms with E-state index in [9.17, 15) is 13.6 Å². The third-order valence-electron chi connectivity index (χ3n) is 1.99. The Kier molecular flexibility index (Phi) is 5.08. The lowest BCUT2D eigenvalue weighted by Gasteiger charge is -2.12. The van der Waals surface area contributed by atoms with Crippen LogP contribution in [0.4, 0.5) is 8.78 Å². The number of aromatic nitrogens is 1. The number of rotatable bonds is 4. The minimum Gasteiger partial charge on any atom is -0.462 e. The molecule has 17 heavy (non-hydrogen) atoms. The fourth-order valence-corrected chi connectivity index (χ4v) is 1.80. The van der Waals surface area contributed by atoms with Crippen molar-refractivity contribution in [1.29, 1.82) is 0 Å². The highest BCUT2D eigenvalue weighted by atomic mass is 35.5. The molecule has 7 heteroatoms. The van der Waals surface area contributed by atoms with E-state index in [-0.39, 0.29) is 28.6 Å². The van der Waals surface area contributed by atoms with Crippen LogP contribution in [0.5, 0.6) is 0 Å². The summed E-state index contributed by atoms with van der Waals surface area (Å²) in [6.07, 6.45) is -1.83. The van der Waals surface area contributed by atoms with Crippen molar-refractivity contribution >= 4 is 29.2 Å². The first-order valence-electron chi connectivity index (χ1n) is 4.71. The normalized spacial score (nSPS) is 10.7. The van der Waals surface area contributed by atoms with E-state index in [0.29, 0.717) is 0 Å². The molecular weight excluding hydrogens is 275 g/mol. The predicted octanol–water partition coefficient (Wildman–Crippen LogP) is 3.59. The molecule has 94 valence electrons. The topological polar surface area (TPSA) is 39.2 Å². The van der Waals surface area contributed by atoms with E-state index < -0.39 is 18.1 Å². The first kappa shape index (κ1) is 14.1. The van der Waals surface area contributed by atoms with Crippen molar-refractivity contribution in [2.45, 2.75) is 19.2 Å². The molecule has 0 aliphatic rings. The summed E-state index contributed by atoms with van der Waals surface area (Å²) in [6.45, 7) is 1.71. The number of hydrogen-bond acceptors (Lipinski definition) is 3. The van der Waals surface area contributed by atoms with Crippen LogP contribution in [0.1, 0.15) is 35.0 Å². The van der Waals surface area contributed by atoms with Gasteiger partial charge in [0, 0.05) is 11.8 Å². The second-order valence-corrected chi connectivity index (χ2v) is 3.67. The van der Waals surface area contributed by atoms with Crippen molar-refractivity contribution in [3.63, 3.8) is 0 Å². The molecule has 0 saturated heterocycles. The quantitative estimate of drug-likeness (QED) is 0.626. The maximum atomic E-state index is 12.7. The average Bonchev–Trinajstić information content (AvgIpc) is 2.28. The minimum atomic E-state index is -2.82. The fraction of sp³-hybridized carbons (Fsp3) is 0.400. The van der Waals surface area contributed by atoms with Crippen LogP contribution in [0.25, 0.3) is 0 Å². The van der Waals surface area contributed by atoms with E-state index in [1.54, 1.807) is 6.92 Å². The molecule has 0 amide bonds. The molecule has 1 aromatic heterocycles. The molecule has 0 atom stereocenters. The average molecular weight is 284 g/mol. The third kappa shape index (κ3) is 3.04. The second kappa shape index (κ2) is 6.12. The van der Waals surface area contributed by atoms with Crippen LogP contribution >= 0.6 is 23.2 Å². The standard InChI is InChI=1S/C10H9Cl2F2NO2/c1-2-17-10(16)7-5(3-11)8(9(13)14)15-4-6(7)12/h4,9H,2-3H2,1H3. The highest BCUT2D eigenvalue weighted by molar-refractivity contribution is 6.34. The molecule has 0 aromatic carbocycles.